The molecule has 0 spiro atoms. The Labute approximate surface area is 59.7 Å². The summed E-state index contributed by atoms with van der Waals surface area (Å²) in [6, 6.07) is 0. The van der Waals surface area contributed by atoms with Gasteiger partial charge in [0.15, 0.2) is 0 Å². The van der Waals surface area contributed by atoms with Crippen LogP contribution in [0.25, 0.3) is 0 Å². The van der Waals surface area contributed by atoms with E-state index in [1.165, 1.54) is 0 Å². The number of aliphatic hydroxyl groups excluding tert-OH is 1. The van der Waals surface area contributed by atoms with E-state index in [0.29, 0.717) is 6.42 Å². The zero-order valence-electron chi connectivity index (χ0n) is 5.92. The summed E-state index contributed by atoms with van der Waals surface area (Å²) in [6.07, 6.45) is 4.07. The summed E-state index contributed by atoms with van der Waals surface area (Å²) in [5, 5.41) is 12.2. The van der Waals surface area contributed by atoms with Crippen molar-refractivity contribution in [2.45, 2.75) is 19.8 Å². The van der Waals surface area contributed by atoms with E-state index in [0.717, 1.165) is 17.7 Å². The van der Waals surface area contributed by atoms with Crippen molar-refractivity contribution in [3.05, 3.63) is 17.5 Å². The Morgan fingerprint density at radius 2 is 2.50 bits per heavy atom. The smallest absolute Gasteiger partial charge is 0.208 e. The van der Waals surface area contributed by atoms with E-state index in [-0.39, 0.29) is 6.61 Å². The van der Waals surface area contributed by atoms with Gasteiger partial charge in [0.2, 0.25) is 6.26 Å². The normalized spacial score (nSPS) is 10.2. The van der Waals surface area contributed by atoms with E-state index in [2.05, 4.69) is 15.9 Å². The lowest BCUT2D eigenvalue weighted by atomic mass is 10.2. The summed E-state index contributed by atoms with van der Waals surface area (Å²) in [4.78, 5) is 0. The molecular weight excluding hydrogens is 130 g/mol. The molecule has 0 amide bonds. The highest BCUT2D eigenvalue weighted by molar-refractivity contribution is 5.13. The lowest BCUT2D eigenvalue weighted by Gasteiger charge is -1.91. The Kier molecular flexibility index (Phi) is 2.45. The Hall–Kier alpha value is -0.830. The van der Waals surface area contributed by atoms with Crippen molar-refractivity contribution < 1.29 is 9.63 Å². The molecule has 3 heteroatoms. The van der Waals surface area contributed by atoms with Crippen molar-refractivity contribution in [2.75, 3.05) is 6.61 Å². The van der Waals surface area contributed by atoms with Crippen molar-refractivity contribution in [3.8, 4) is 0 Å². The molecule has 1 heterocycles. The first kappa shape index (κ1) is 7.28. The van der Waals surface area contributed by atoms with Crippen LogP contribution < -0.4 is 0 Å². The summed E-state index contributed by atoms with van der Waals surface area (Å²) < 4.78 is 4.60. The molecule has 0 aliphatic rings. The fourth-order valence-corrected chi connectivity index (χ4v) is 0.826. The zero-order chi connectivity index (χ0) is 7.40. The first-order valence-electron chi connectivity index (χ1n) is 3.34. The summed E-state index contributed by atoms with van der Waals surface area (Å²) in [6.45, 7) is 2.12. The van der Waals surface area contributed by atoms with Crippen LogP contribution in [0.3, 0.4) is 0 Å². The Morgan fingerprint density at radius 3 is 3.10 bits per heavy atom. The average Bonchev–Trinajstić information content (AvgIpc) is 2.36. The van der Waals surface area contributed by atoms with Crippen LogP contribution in [0.2, 0.25) is 0 Å². The van der Waals surface area contributed by atoms with Crippen LogP contribution in [0.15, 0.2) is 4.52 Å². The maximum atomic E-state index is 8.56. The molecule has 0 unspecified atom stereocenters. The fraction of sp³-hybridized carbons (Fsp3) is 0.571. The highest BCUT2D eigenvalue weighted by Crippen LogP contribution is 2.06. The van der Waals surface area contributed by atoms with Gasteiger partial charge in [0, 0.05) is 18.6 Å². The van der Waals surface area contributed by atoms with Gasteiger partial charge in [-0.2, -0.15) is 0 Å². The monoisotopic (exact) mass is 140 g/mol. The molecule has 0 saturated heterocycles. The van der Waals surface area contributed by atoms with Gasteiger partial charge in [-0.15, -0.1) is 0 Å². The highest BCUT2D eigenvalue weighted by Gasteiger charge is 2.04. The zero-order valence-corrected chi connectivity index (χ0v) is 5.92. The molecule has 0 bridgehead atoms. The van der Waals surface area contributed by atoms with Gasteiger partial charge in [-0.1, -0.05) is 12.1 Å². The van der Waals surface area contributed by atoms with Crippen molar-refractivity contribution in [2.24, 2.45) is 0 Å². The molecule has 0 aliphatic heterocycles. The van der Waals surface area contributed by atoms with Gasteiger partial charge in [0.05, 0.1) is 5.69 Å². The number of hydrogen-bond donors (Lipinski definition) is 1. The quantitative estimate of drug-likeness (QED) is 0.667. The maximum Gasteiger partial charge on any atom is 0.208 e. The van der Waals surface area contributed by atoms with Gasteiger partial charge < -0.3 is 9.63 Å². The van der Waals surface area contributed by atoms with E-state index < -0.39 is 0 Å². The third kappa shape index (κ3) is 1.36. The predicted octanol–water partition coefficient (Wildman–Crippen LogP) is 0.572. The van der Waals surface area contributed by atoms with Crippen LogP contribution in [0.1, 0.15) is 18.2 Å². The summed E-state index contributed by atoms with van der Waals surface area (Å²) in [5.74, 6) is 0. The third-order valence-electron chi connectivity index (χ3n) is 1.38. The van der Waals surface area contributed by atoms with Gasteiger partial charge >= 0.3 is 0 Å². The van der Waals surface area contributed by atoms with E-state index in [4.69, 9.17) is 5.11 Å². The lowest BCUT2D eigenvalue weighted by molar-refractivity contribution is 0.294. The van der Waals surface area contributed by atoms with Crippen molar-refractivity contribution in [1.82, 2.24) is 5.16 Å². The lowest BCUT2D eigenvalue weighted by Crippen LogP contribution is -1.94. The number of aryl methyl sites for hydroxylation is 1. The molecule has 55 valence electrons. The Morgan fingerprint density at radius 1 is 1.70 bits per heavy atom. The molecule has 0 aromatic carbocycles. The molecule has 1 radical (unpaired) electrons. The number of nitrogens with zero attached hydrogens (tertiary/aromatic N) is 1. The van der Waals surface area contributed by atoms with Gasteiger partial charge in [0.25, 0.3) is 0 Å². The van der Waals surface area contributed by atoms with Gasteiger partial charge in [-0.3, -0.25) is 0 Å². The minimum absolute atomic E-state index is 0.118. The highest BCUT2D eigenvalue weighted by atomic mass is 16.5. The molecule has 0 saturated carbocycles. The second kappa shape index (κ2) is 3.37. The standard InChI is InChI=1S/C7H10NO2/c1-2-6-5-10-8-7(6)3-4-9/h9H,2-4H2,1H3. The second-order valence-electron chi connectivity index (χ2n) is 2.04. The Bertz CT molecular complexity index is 195. The molecule has 1 rings (SSSR count). The van der Waals surface area contributed by atoms with Gasteiger partial charge in [-0.25, -0.2) is 0 Å². The SMILES string of the molecule is CCc1[c]onc1CCO. The van der Waals surface area contributed by atoms with E-state index in [9.17, 15) is 0 Å². The minimum Gasteiger partial charge on any atom is -0.396 e. The largest absolute Gasteiger partial charge is 0.396 e. The fourth-order valence-electron chi connectivity index (χ4n) is 0.826. The van der Waals surface area contributed by atoms with Crippen molar-refractivity contribution in [1.29, 1.82) is 0 Å². The molecule has 0 fully saturated rings. The topological polar surface area (TPSA) is 46.3 Å². The summed E-state index contributed by atoms with van der Waals surface area (Å²) >= 11 is 0. The number of aliphatic hydroxyl groups is 1. The maximum absolute atomic E-state index is 8.56. The van der Waals surface area contributed by atoms with E-state index >= 15 is 0 Å². The van der Waals surface area contributed by atoms with Gasteiger partial charge in [0.1, 0.15) is 0 Å². The van der Waals surface area contributed by atoms with Gasteiger partial charge in [-0.05, 0) is 6.42 Å². The molecule has 1 N–H and O–H groups in total. The third-order valence-corrected chi connectivity index (χ3v) is 1.38. The average molecular weight is 140 g/mol. The Balaban J connectivity index is 2.70. The molecular formula is C7H10NO2. The van der Waals surface area contributed by atoms with E-state index in [1.54, 1.807) is 0 Å². The molecule has 0 atom stereocenters. The number of rotatable bonds is 3. The molecule has 10 heavy (non-hydrogen) atoms. The second-order valence-corrected chi connectivity index (χ2v) is 2.04. The van der Waals surface area contributed by atoms with Crippen LogP contribution >= 0.6 is 0 Å². The minimum atomic E-state index is 0.118. The van der Waals surface area contributed by atoms with Crippen molar-refractivity contribution >= 4 is 0 Å². The molecule has 1 aromatic heterocycles. The predicted molar refractivity (Wildman–Crippen MR) is 35.5 cm³/mol. The molecule has 0 aliphatic carbocycles. The number of aromatic nitrogens is 1. The molecule has 1 aromatic rings. The van der Waals surface area contributed by atoms with Crippen LogP contribution in [-0.2, 0) is 12.8 Å². The first-order valence-corrected chi connectivity index (χ1v) is 3.34. The van der Waals surface area contributed by atoms with E-state index in [1.807, 2.05) is 6.92 Å². The van der Waals surface area contributed by atoms with Crippen LogP contribution in [0, 0.1) is 6.26 Å². The summed E-state index contributed by atoms with van der Waals surface area (Å²) in [7, 11) is 0. The molecule has 3 nitrogen and oxygen atoms in total. The van der Waals surface area contributed by atoms with Crippen LogP contribution in [0.4, 0.5) is 0 Å². The van der Waals surface area contributed by atoms with Crippen molar-refractivity contribution in [3.63, 3.8) is 0 Å². The first-order chi connectivity index (χ1) is 4.88. The van der Waals surface area contributed by atoms with Crippen LogP contribution in [0.5, 0.6) is 0 Å². The summed E-state index contributed by atoms with van der Waals surface area (Å²) in [5.41, 5.74) is 1.79. The number of hydrogen-bond acceptors (Lipinski definition) is 3. The van der Waals surface area contributed by atoms with Crippen LogP contribution in [-0.4, -0.2) is 16.9 Å².